The average molecular weight is 375 g/mol. The molecule has 140 valence electrons. The minimum atomic E-state index is -3.69. The number of rotatable bonds is 7. The fraction of sp³-hybridized carbons (Fsp3) is 0.350. The fourth-order valence-electron chi connectivity index (χ4n) is 2.57. The first-order valence-electron chi connectivity index (χ1n) is 8.68. The number of carbonyl (C=O) groups excluding carboxylic acids is 1. The number of sulfonamides is 1. The van der Waals surface area contributed by atoms with E-state index in [1.165, 1.54) is 6.92 Å². The normalized spacial score (nSPS) is 11.4. The minimum absolute atomic E-state index is 0.204. The Morgan fingerprint density at radius 1 is 1.04 bits per heavy atom. The lowest BCUT2D eigenvalue weighted by Crippen LogP contribution is -2.15. The molecule has 0 aliphatic heterocycles. The van der Waals surface area contributed by atoms with Crippen LogP contribution < -0.4 is 10.0 Å². The highest BCUT2D eigenvalue weighted by atomic mass is 32.2. The molecule has 0 unspecified atom stereocenters. The van der Waals surface area contributed by atoms with E-state index in [0.29, 0.717) is 22.9 Å². The summed E-state index contributed by atoms with van der Waals surface area (Å²) in [5.41, 5.74) is 2.82. The minimum Gasteiger partial charge on any atom is -0.326 e. The van der Waals surface area contributed by atoms with E-state index in [1.807, 2.05) is 12.1 Å². The molecule has 2 aromatic rings. The molecule has 0 aliphatic rings. The number of benzene rings is 2. The Bertz CT molecular complexity index is 872. The highest BCUT2D eigenvalue weighted by Crippen LogP contribution is 2.26. The van der Waals surface area contributed by atoms with Gasteiger partial charge in [0, 0.05) is 12.6 Å². The first-order chi connectivity index (χ1) is 12.2. The van der Waals surface area contributed by atoms with Gasteiger partial charge in [-0.3, -0.25) is 9.52 Å². The Morgan fingerprint density at radius 2 is 1.65 bits per heavy atom. The molecule has 0 aliphatic carbocycles. The standard InChI is InChI=1S/C20H26N2O3S/c1-14(2)8-9-17-10-12-18(13-11-17)26(24,25)22-20-7-5-6-19(15(20)3)21-16(4)23/h5-7,10-14,22H,8-9H2,1-4H3,(H,21,23). The largest absolute Gasteiger partial charge is 0.326 e. The van der Waals surface area contributed by atoms with Crippen LogP contribution in [0.25, 0.3) is 0 Å². The van der Waals surface area contributed by atoms with Crippen molar-refractivity contribution < 1.29 is 13.2 Å². The van der Waals surface area contributed by atoms with Crippen molar-refractivity contribution in [3.63, 3.8) is 0 Å². The van der Waals surface area contributed by atoms with Gasteiger partial charge in [-0.15, -0.1) is 0 Å². The lowest BCUT2D eigenvalue weighted by atomic mass is 10.0. The zero-order valence-electron chi connectivity index (χ0n) is 15.7. The summed E-state index contributed by atoms with van der Waals surface area (Å²) in [6, 6.07) is 12.1. The van der Waals surface area contributed by atoms with E-state index < -0.39 is 10.0 Å². The van der Waals surface area contributed by atoms with E-state index in [2.05, 4.69) is 23.9 Å². The summed E-state index contributed by atoms with van der Waals surface area (Å²) in [5.74, 6) is 0.407. The summed E-state index contributed by atoms with van der Waals surface area (Å²) >= 11 is 0. The van der Waals surface area contributed by atoms with Crippen molar-refractivity contribution in [2.24, 2.45) is 5.92 Å². The lowest BCUT2D eigenvalue weighted by molar-refractivity contribution is -0.114. The third-order valence-electron chi connectivity index (χ3n) is 4.13. The summed E-state index contributed by atoms with van der Waals surface area (Å²) in [5, 5.41) is 2.70. The first-order valence-corrected chi connectivity index (χ1v) is 10.2. The first kappa shape index (κ1) is 20.0. The van der Waals surface area contributed by atoms with Crippen LogP contribution in [-0.4, -0.2) is 14.3 Å². The number of aryl methyl sites for hydroxylation is 1. The second kappa shape index (κ2) is 8.36. The molecule has 0 saturated carbocycles. The van der Waals surface area contributed by atoms with E-state index in [4.69, 9.17) is 0 Å². The van der Waals surface area contributed by atoms with Crippen LogP contribution in [-0.2, 0) is 21.2 Å². The SMILES string of the molecule is CC(=O)Nc1cccc(NS(=O)(=O)c2ccc(CCC(C)C)cc2)c1C. The second-order valence-electron chi connectivity index (χ2n) is 6.84. The summed E-state index contributed by atoms with van der Waals surface area (Å²) < 4.78 is 27.9. The van der Waals surface area contributed by atoms with Crippen molar-refractivity contribution in [3.05, 3.63) is 53.6 Å². The summed E-state index contributed by atoms with van der Waals surface area (Å²) in [4.78, 5) is 11.5. The van der Waals surface area contributed by atoms with E-state index in [1.54, 1.807) is 37.3 Å². The summed E-state index contributed by atoms with van der Waals surface area (Å²) in [7, 11) is -3.69. The molecule has 0 aromatic heterocycles. The van der Waals surface area contributed by atoms with Crippen molar-refractivity contribution in [1.29, 1.82) is 0 Å². The van der Waals surface area contributed by atoms with E-state index in [9.17, 15) is 13.2 Å². The predicted molar refractivity (Wildman–Crippen MR) is 106 cm³/mol. The Hall–Kier alpha value is -2.34. The third kappa shape index (κ3) is 5.33. The molecule has 26 heavy (non-hydrogen) atoms. The number of hydrogen-bond acceptors (Lipinski definition) is 3. The molecule has 0 heterocycles. The van der Waals surface area contributed by atoms with Gasteiger partial charge < -0.3 is 5.32 Å². The van der Waals surface area contributed by atoms with Crippen LogP contribution in [0.2, 0.25) is 0 Å². The summed E-state index contributed by atoms with van der Waals surface area (Å²) in [6.45, 7) is 7.51. The Morgan fingerprint density at radius 3 is 2.23 bits per heavy atom. The van der Waals surface area contributed by atoms with Crippen LogP contribution in [0.4, 0.5) is 11.4 Å². The highest BCUT2D eigenvalue weighted by Gasteiger charge is 2.16. The summed E-state index contributed by atoms with van der Waals surface area (Å²) in [6.07, 6.45) is 2.00. The number of hydrogen-bond donors (Lipinski definition) is 2. The second-order valence-corrected chi connectivity index (χ2v) is 8.52. The molecule has 6 heteroatoms. The maximum absolute atomic E-state index is 12.7. The van der Waals surface area contributed by atoms with Crippen LogP contribution in [0.5, 0.6) is 0 Å². The predicted octanol–water partition coefficient (Wildman–Crippen LogP) is 4.34. The Kier molecular flexibility index (Phi) is 6.42. The number of nitrogens with one attached hydrogen (secondary N) is 2. The van der Waals surface area contributed by atoms with Gasteiger partial charge in [0.2, 0.25) is 5.91 Å². The van der Waals surface area contributed by atoms with Crippen molar-refractivity contribution >= 4 is 27.3 Å². The Labute approximate surface area is 155 Å². The monoisotopic (exact) mass is 374 g/mol. The smallest absolute Gasteiger partial charge is 0.261 e. The van der Waals surface area contributed by atoms with Gasteiger partial charge in [0.15, 0.2) is 0 Å². The zero-order chi connectivity index (χ0) is 19.3. The van der Waals surface area contributed by atoms with Gasteiger partial charge in [0.25, 0.3) is 10.0 Å². The van der Waals surface area contributed by atoms with E-state index in [0.717, 1.165) is 18.4 Å². The quantitative estimate of drug-likeness (QED) is 0.757. The van der Waals surface area contributed by atoms with Crippen molar-refractivity contribution in [3.8, 4) is 0 Å². The molecule has 2 aromatic carbocycles. The van der Waals surface area contributed by atoms with Crippen LogP contribution in [0.1, 0.15) is 38.3 Å². The fourth-order valence-corrected chi connectivity index (χ4v) is 3.69. The van der Waals surface area contributed by atoms with Gasteiger partial charge in [0.1, 0.15) is 0 Å². The molecule has 0 fully saturated rings. The van der Waals surface area contributed by atoms with E-state index in [-0.39, 0.29) is 10.8 Å². The van der Waals surface area contributed by atoms with Crippen LogP contribution >= 0.6 is 0 Å². The zero-order valence-corrected chi connectivity index (χ0v) is 16.5. The number of amides is 1. The maximum Gasteiger partial charge on any atom is 0.261 e. The topological polar surface area (TPSA) is 75.3 Å². The van der Waals surface area contributed by atoms with Crippen molar-refractivity contribution in [2.75, 3.05) is 10.0 Å². The molecule has 0 saturated heterocycles. The van der Waals surface area contributed by atoms with E-state index >= 15 is 0 Å². The van der Waals surface area contributed by atoms with Crippen molar-refractivity contribution in [1.82, 2.24) is 0 Å². The van der Waals surface area contributed by atoms with Gasteiger partial charge in [-0.25, -0.2) is 8.42 Å². The third-order valence-corrected chi connectivity index (χ3v) is 5.51. The molecule has 0 spiro atoms. The van der Waals surface area contributed by atoms with Gasteiger partial charge >= 0.3 is 0 Å². The lowest BCUT2D eigenvalue weighted by Gasteiger charge is -2.14. The molecule has 0 bridgehead atoms. The molecular weight excluding hydrogens is 348 g/mol. The molecule has 2 rings (SSSR count). The number of anilines is 2. The molecular formula is C20H26N2O3S. The average Bonchev–Trinajstić information content (AvgIpc) is 2.56. The molecule has 2 N–H and O–H groups in total. The highest BCUT2D eigenvalue weighted by molar-refractivity contribution is 7.92. The maximum atomic E-state index is 12.7. The van der Waals surface area contributed by atoms with Crippen molar-refractivity contribution in [2.45, 2.75) is 45.4 Å². The number of carbonyl (C=O) groups is 1. The van der Waals surface area contributed by atoms with Crippen LogP contribution in [0, 0.1) is 12.8 Å². The van der Waals surface area contributed by atoms with Gasteiger partial charge in [-0.2, -0.15) is 0 Å². The molecule has 0 atom stereocenters. The van der Waals surface area contributed by atoms with Gasteiger partial charge in [-0.1, -0.05) is 32.0 Å². The Balaban J connectivity index is 2.19. The molecule has 1 amide bonds. The van der Waals surface area contributed by atoms with Crippen LogP contribution in [0.3, 0.4) is 0 Å². The van der Waals surface area contributed by atoms with Gasteiger partial charge in [-0.05, 0) is 61.1 Å². The van der Waals surface area contributed by atoms with Crippen LogP contribution in [0.15, 0.2) is 47.4 Å². The molecule has 5 nitrogen and oxygen atoms in total. The van der Waals surface area contributed by atoms with Gasteiger partial charge in [0.05, 0.1) is 10.6 Å². The molecule has 0 radical (unpaired) electrons.